The molecule has 3 aromatic carbocycles. The fourth-order valence-corrected chi connectivity index (χ4v) is 2.99. The van der Waals surface area contributed by atoms with E-state index in [1.807, 2.05) is 54.6 Å². The topological polar surface area (TPSA) is 97.6 Å². The third-order valence-electron chi connectivity index (χ3n) is 4.68. The first-order chi connectivity index (χ1) is 15.5. The lowest BCUT2D eigenvalue weighted by molar-refractivity contribution is -0.136. The zero-order chi connectivity index (χ0) is 22.8. The molecular weight excluding hydrogens is 410 g/mol. The Morgan fingerprint density at radius 3 is 2.31 bits per heavy atom. The molecule has 0 atom stereocenters. The van der Waals surface area contributed by atoms with Gasteiger partial charge in [0.1, 0.15) is 43.3 Å². The number of oxime groups is 1. The smallest absolute Gasteiger partial charge is 0.303 e. The van der Waals surface area contributed by atoms with Crippen LogP contribution in [-0.2, 0) is 22.7 Å². The number of carboxylic acid groups (broad SMARTS) is 1. The summed E-state index contributed by atoms with van der Waals surface area (Å²) >= 11 is 0. The van der Waals surface area contributed by atoms with Crippen LogP contribution in [0.4, 0.5) is 0 Å². The molecule has 0 aliphatic heterocycles. The molecule has 0 aliphatic carbocycles. The highest BCUT2D eigenvalue weighted by Gasteiger charge is 2.08. The van der Waals surface area contributed by atoms with Crippen LogP contribution in [0.5, 0.6) is 17.2 Å². The number of aryl methyl sites for hydroxylation is 1. The first kappa shape index (κ1) is 22.7. The number of nitrogens with zero attached hydrogens (tertiary/aromatic N) is 1. The molecule has 0 aromatic heterocycles. The Hall–Kier alpha value is -4.00. The number of phenolic OH excluding ortho intramolecular Hbond substituents is 1. The van der Waals surface area contributed by atoms with Crippen molar-refractivity contribution in [3.05, 3.63) is 89.5 Å². The third-order valence-corrected chi connectivity index (χ3v) is 4.68. The normalized spacial score (nSPS) is 11.1. The van der Waals surface area contributed by atoms with Crippen molar-refractivity contribution in [2.75, 3.05) is 13.7 Å². The monoisotopic (exact) mass is 435 g/mol. The Morgan fingerprint density at radius 1 is 0.938 bits per heavy atom. The quantitative estimate of drug-likeness (QED) is 0.342. The minimum absolute atomic E-state index is 0.0273. The molecule has 0 bridgehead atoms. The van der Waals surface area contributed by atoms with Gasteiger partial charge in [0.2, 0.25) is 0 Å². The number of aliphatic carboxylic acids is 1. The number of rotatable bonds is 11. The Morgan fingerprint density at radius 2 is 1.66 bits per heavy atom. The van der Waals surface area contributed by atoms with Crippen LogP contribution in [-0.4, -0.2) is 35.6 Å². The molecule has 3 aromatic rings. The second-order valence-electron chi connectivity index (χ2n) is 6.99. The van der Waals surface area contributed by atoms with Crippen molar-refractivity contribution in [3.8, 4) is 17.2 Å². The lowest BCUT2D eigenvalue weighted by Crippen LogP contribution is -2.13. The first-order valence-electron chi connectivity index (χ1n) is 10.1. The number of benzene rings is 3. The molecule has 0 fully saturated rings. The second kappa shape index (κ2) is 11.4. The van der Waals surface area contributed by atoms with E-state index in [2.05, 4.69) is 5.16 Å². The SMILES string of the molecule is CO/N=C(\COc1ccc(COc2ccc(CCC(=O)O)c(O)c2)cc1)c1ccccc1. The van der Waals surface area contributed by atoms with Crippen molar-refractivity contribution in [2.45, 2.75) is 19.4 Å². The van der Waals surface area contributed by atoms with Crippen LogP contribution in [0.1, 0.15) is 23.1 Å². The summed E-state index contributed by atoms with van der Waals surface area (Å²) in [4.78, 5) is 15.6. The average molecular weight is 435 g/mol. The fourth-order valence-electron chi connectivity index (χ4n) is 2.99. The minimum Gasteiger partial charge on any atom is -0.508 e. The highest BCUT2D eigenvalue weighted by molar-refractivity contribution is 6.01. The van der Waals surface area contributed by atoms with E-state index in [1.54, 1.807) is 12.1 Å². The minimum atomic E-state index is -0.903. The lowest BCUT2D eigenvalue weighted by Gasteiger charge is -2.11. The van der Waals surface area contributed by atoms with Gasteiger partial charge in [0, 0.05) is 18.1 Å². The molecule has 0 unspecified atom stereocenters. The number of carboxylic acids is 1. The van der Waals surface area contributed by atoms with Gasteiger partial charge in [-0.2, -0.15) is 0 Å². The van der Waals surface area contributed by atoms with Gasteiger partial charge in [0.05, 0.1) is 0 Å². The average Bonchev–Trinajstić information content (AvgIpc) is 2.81. The van der Waals surface area contributed by atoms with Crippen LogP contribution in [0.15, 0.2) is 78.0 Å². The molecule has 3 rings (SSSR count). The maximum absolute atomic E-state index is 10.7. The summed E-state index contributed by atoms with van der Waals surface area (Å²) in [6.07, 6.45) is 0.232. The van der Waals surface area contributed by atoms with E-state index >= 15 is 0 Å². The van der Waals surface area contributed by atoms with E-state index in [1.165, 1.54) is 13.2 Å². The molecule has 0 amide bonds. The van der Waals surface area contributed by atoms with Gasteiger partial charge < -0.3 is 24.5 Å². The molecule has 2 N–H and O–H groups in total. The molecule has 0 heterocycles. The largest absolute Gasteiger partial charge is 0.508 e. The van der Waals surface area contributed by atoms with Crippen LogP contribution in [0.2, 0.25) is 0 Å². The van der Waals surface area contributed by atoms with Gasteiger partial charge in [-0.15, -0.1) is 0 Å². The van der Waals surface area contributed by atoms with Crippen molar-refractivity contribution in [1.82, 2.24) is 0 Å². The Labute approximate surface area is 186 Å². The van der Waals surface area contributed by atoms with Crippen LogP contribution in [0.25, 0.3) is 0 Å². The number of hydrogen-bond donors (Lipinski definition) is 2. The molecule has 7 heteroatoms. The molecule has 32 heavy (non-hydrogen) atoms. The van der Waals surface area contributed by atoms with E-state index < -0.39 is 5.97 Å². The van der Waals surface area contributed by atoms with Gasteiger partial charge in [0.15, 0.2) is 0 Å². The maximum Gasteiger partial charge on any atom is 0.303 e. The number of hydrogen-bond acceptors (Lipinski definition) is 6. The summed E-state index contributed by atoms with van der Waals surface area (Å²) < 4.78 is 11.6. The van der Waals surface area contributed by atoms with Crippen molar-refractivity contribution in [1.29, 1.82) is 0 Å². The van der Waals surface area contributed by atoms with Gasteiger partial charge in [0.25, 0.3) is 0 Å². The van der Waals surface area contributed by atoms with Crippen LogP contribution >= 0.6 is 0 Å². The van der Waals surface area contributed by atoms with Crippen molar-refractivity contribution in [2.24, 2.45) is 5.16 Å². The molecule has 0 aliphatic rings. The Kier molecular flexibility index (Phi) is 8.09. The third kappa shape index (κ3) is 6.77. The first-order valence-corrected chi connectivity index (χ1v) is 10.1. The summed E-state index contributed by atoms with van der Waals surface area (Å²) in [7, 11) is 1.50. The number of aromatic hydroxyl groups is 1. The second-order valence-corrected chi connectivity index (χ2v) is 6.99. The molecule has 0 saturated heterocycles. The fraction of sp³-hybridized carbons (Fsp3) is 0.200. The molecule has 0 radical (unpaired) electrons. The maximum atomic E-state index is 10.7. The van der Waals surface area contributed by atoms with E-state index in [0.29, 0.717) is 29.4 Å². The number of phenols is 1. The van der Waals surface area contributed by atoms with Gasteiger partial charge in [-0.1, -0.05) is 53.7 Å². The zero-order valence-electron chi connectivity index (χ0n) is 17.7. The summed E-state index contributed by atoms with van der Waals surface area (Å²) in [5.74, 6) is 0.318. The zero-order valence-corrected chi connectivity index (χ0v) is 17.7. The van der Waals surface area contributed by atoms with Gasteiger partial charge in [-0.25, -0.2) is 0 Å². The summed E-state index contributed by atoms with van der Waals surface area (Å²) in [6, 6.07) is 22.1. The van der Waals surface area contributed by atoms with Crippen LogP contribution in [0.3, 0.4) is 0 Å². The molecular formula is C25H25NO6. The van der Waals surface area contributed by atoms with E-state index in [0.717, 1.165) is 11.1 Å². The van der Waals surface area contributed by atoms with E-state index in [-0.39, 0.29) is 25.2 Å². The van der Waals surface area contributed by atoms with Crippen molar-refractivity contribution in [3.63, 3.8) is 0 Å². The molecule has 0 saturated carbocycles. The molecule has 7 nitrogen and oxygen atoms in total. The highest BCUT2D eigenvalue weighted by Crippen LogP contribution is 2.25. The van der Waals surface area contributed by atoms with E-state index in [4.69, 9.17) is 19.4 Å². The van der Waals surface area contributed by atoms with Gasteiger partial charge >= 0.3 is 5.97 Å². The predicted octanol–water partition coefficient (Wildman–Crippen LogP) is 4.42. The summed E-state index contributed by atoms with van der Waals surface area (Å²) in [5, 5.41) is 22.9. The lowest BCUT2D eigenvalue weighted by atomic mass is 10.1. The van der Waals surface area contributed by atoms with Crippen LogP contribution < -0.4 is 9.47 Å². The van der Waals surface area contributed by atoms with E-state index in [9.17, 15) is 9.90 Å². The summed E-state index contributed by atoms with van der Waals surface area (Å²) in [6.45, 7) is 0.579. The predicted molar refractivity (Wildman–Crippen MR) is 120 cm³/mol. The van der Waals surface area contributed by atoms with Crippen molar-refractivity contribution < 1.29 is 29.3 Å². The Balaban J connectivity index is 1.53. The van der Waals surface area contributed by atoms with Crippen LogP contribution in [0, 0.1) is 0 Å². The molecule has 166 valence electrons. The van der Waals surface area contributed by atoms with Gasteiger partial charge in [-0.05, 0) is 35.7 Å². The molecule has 0 spiro atoms. The summed E-state index contributed by atoms with van der Waals surface area (Å²) in [5.41, 5.74) is 3.12. The standard InChI is InChI=1S/C25H25NO6/c1-30-26-23(19-5-3-2-4-6-19)17-32-21-11-7-18(8-12-21)16-31-22-13-9-20(24(27)15-22)10-14-25(28)29/h2-9,11-13,15,27H,10,14,16-17H2,1H3,(H,28,29)/b26-23+. The number of ether oxygens (including phenoxy) is 2. The van der Waals surface area contributed by atoms with Gasteiger partial charge in [-0.3, -0.25) is 4.79 Å². The Bertz CT molecular complexity index is 1050. The van der Waals surface area contributed by atoms with Crippen molar-refractivity contribution >= 4 is 11.7 Å². The highest BCUT2D eigenvalue weighted by atomic mass is 16.6. The number of carbonyl (C=O) groups is 1.